The van der Waals surface area contributed by atoms with E-state index < -0.39 is 11.5 Å². The van der Waals surface area contributed by atoms with Crippen molar-refractivity contribution >= 4 is 23.6 Å². The summed E-state index contributed by atoms with van der Waals surface area (Å²) >= 11 is 6.82. The zero-order valence-electron chi connectivity index (χ0n) is 21.6. The molecule has 5 nitrogen and oxygen atoms in total. The van der Waals surface area contributed by atoms with Gasteiger partial charge in [0.05, 0.1) is 12.6 Å². The Morgan fingerprint density at radius 2 is 2.06 bits per heavy atom. The number of hydrogen-bond donors (Lipinski definition) is 1. The minimum absolute atomic E-state index is 0.206. The van der Waals surface area contributed by atoms with E-state index in [2.05, 4.69) is 58.6 Å². The standard InChI is InChI=1S/C28H39ClN2O3/c1-9-17(2)23-16-31(13-12-18(3)25(32)34-8)26(33)30-28(23,7)19-10-11-20(24(29)14-19)21-15-22(21)27(4,5)6/h10-11,14,16-17,21-22H,3,9,12-13,15H2,1-2,4-8H3,(H,30,33)/t17-,21-,22?,28-/m0/s1. The lowest BCUT2D eigenvalue weighted by Crippen LogP contribution is -2.55. The smallest absolute Gasteiger partial charge is 0.333 e. The summed E-state index contributed by atoms with van der Waals surface area (Å²) in [5.41, 5.74) is 3.24. The molecule has 1 N–H and O–H groups in total. The average molecular weight is 487 g/mol. The molecule has 2 aliphatic rings. The summed E-state index contributed by atoms with van der Waals surface area (Å²) in [6.45, 7) is 17.3. The first kappa shape index (κ1) is 26.3. The lowest BCUT2D eigenvalue weighted by molar-refractivity contribution is -0.136. The SMILES string of the molecule is C=C(CCN1C=C([C@@H](C)CC)[C@](C)(c2ccc([C@@H]3CC3C(C)(C)C)c(Cl)c2)NC1=O)C(=O)OC. The van der Waals surface area contributed by atoms with Gasteiger partial charge in [-0.3, -0.25) is 0 Å². The van der Waals surface area contributed by atoms with Gasteiger partial charge in [-0.25, -0.2) is 9.59 Å². The molecule has 0 radical (unpaired) electrons. The van der Waals surface area contributed by atoms with Crippen molar-refractivity contribution < 1.29 is 14.3 Å². The molecule has 0 aromatic heterocycles. The predicted octanol–water partition coefficient (Wildman–Crippen LogP) is 6.78. The summed E-state index contributed by atoms with van der Waals surface area (Å²) in [6, 6.07) is 6.08. The van der Waals surface area contributed by atoms with Crippen LogP contribution in [0.5, 0.6) is 0 Å². The normalized spacial score (nSPS) is 25.4. The molecule has 1 aromatic carbocycles. The van der Waals surface area contributed by atoms with E-state index in [9.17, 15) is 9.59 Å². The number of halogens is 1. The first-order valence-corrected chi connectivity index (χ1v) is 12.6. The number of esters is 1. The van der Waals surface area contributed by atoms with Crippen molar-refractivity contribution in [1.29, 1.82) is 0 Å². The van der Waals surface area contributed by atoms with Crippen LogP contribution in [-0.2, 0) is 15.1 Å². The number of methoxy groups -OCH3 is 1. The van der Waals surface area contributed by atoms with Gasteiger partial charge < -0.3 is 15.0 Å². The molecule has 1 unspecified atom stereocenters. The maximum Gasteiger partial charge on any atom is 0.333 e. The van der Waals surface area contributed by atoms with Crippen molar-refractivity contribution in [2.45, 2.75) is 72.3 Å². The zero-order valence-corrected chi connectivity index (χ0v) is 22.4. The van der Waals surface area contributed by atoms with E-state index in [0.717, 1.165) is 22.6 Å². The van der Waals surface area contributed by atoms with Crippen LogP contribution in [0.1, 0.15) is 77.8 Å². The highest BCUT2D eigenvalue weighted by atomic mass is 35.5. The third-order valence-electron chi connectivity index (χ3n) is 7.64. The molecule has 0 saturated heterocycles. The van der Waals surface area contributed by atoms with Gasteiger partial charge in [0.2, 0.25) is 0 Å². The molecule has 6 heteroatoms. The Morgan fingerprint density at radius 1 is 1.38 bits per heavy atom. The second kappa shape index (κ2) is 9.77. The largest absolute Gasteiger partial charge is 0.466 e. The van der Waals surface area contributed by atoms with E-state index >= 15 is 0 Å². The number of urea groups is 1. The molecular weight excluding hydrogens is 448 g/mol. The first-order valence-electron chi connectivity index (χ1n) is 12.2. The highest BCUT2D eigenvalue weighted by Gasteiger charge is 2.47. The van der Waals surface area contributed by atoms with E-state index in [1.165, 1.54) is 19.1 Å². The van der Waals surface area contributed by atoms with Crippen LogP contribution in [0.15, 0.2) is 42.1 Å². The Morgan fingerprint density at radius 3 is 2.59 bits per heavy atom. The Bertz CT molecular complexity index is 1010. The molecular formula is C28H39ClN2O3. The van der Waals surface area contributed by atoms with Gasteiger partial charge in [0.25, 0.3) is 0 Å². The van der Waals surface area contributed by atoms with Gasteiger partial charge in [0.1, 0.15) is 0 Å². The van der Waals surface area contributed by atoms with Gasteiger partial charge >= 0.3 is 12.0 Å². The fourth-order valence-electron chi connectivity index (χ4n) is 5.09. The van der Waals surface area contributed by atoms with Gasteiger partial charge in [0.15, 0.2) is 0 Å². The molecule has 4 atom stereocenters. The van der Waals surface area contributed by atoms with Crippen molar-refractivity contribution in [1.82, 2.24) is 10.2 Å². The van der Waals surface area contributed by atoms with Crippen molar-refractivity contribution in [3.8, 4) is 0 Å². The number of ether oxygens (including phenoxy) is 1. The molecule has 1 heterocycles. The number of benzene rings is 1. The molecule has 1 saturated carbocycles. The van der Waals surface area contributed by atoms with Crippen LogP contribution in [0, 0.1) is 17.3 Å². The van der Waals surface area contributed by atoms with Crippen LogP contribution >= 0.6 is 11.6 Å². The van der Waals surface area contributed by atoms with E-state index in [-0.39, 0.29) is 17.4 Å². The summed E-state index contributed by atoms with van der Waals surface area (Å²) in [7, 11) is 1.33. The van der Waals surface area contributed by atoms with Crippen LogP contribution in [0.2, 0.25) is 5.02 Å². The van der Waals surface area contributed by atoms with Crippen molar-refractivity contribution in [3.05, 3.63) is 58.3 Å². The first-order chi connectivity index (χ1) is 15.8. The molecule has 186 valence electrons. The van der Waals surface area contributed by atoms with E-state index in [1.54, 1.807) is 4.90 Å². The minimum atomic E-state index is -0.669. The molecule has 0 bridgehead atoms. The molecule has 1 fully saturated rings. The Balaban J connectivity index is 1.89. The lowest BCUT2D eigenvalue weighted by Gasteiger charge is -2.43. The number of amides is 2. The summed E-state index contributed by atoms with van der Waals surface area (Å²) in [4.78, 5) is 26.4. The lowest BCUT2D eigenvalue weighted by atomic mass is 9.76. The second-order valence-electron chi connectivity index (χ2n) is 11.0. The fraction of sp³-hybridized carbons (Fsp3) is 0.571. The average Bonchev–Trinajstić information content (AvgIpc) is 3.58. The van der Waals surface area contributed by atoms with E-state index in [0.29, 0.717) is 30.4 Å². The van der Waals surface area contributed by atoms with Crippen LogP contribution in [0.25, 0.3) is 0 Å². The zero-order chi connectivity index (χ0) is 25.4. The third-order valence-corrected chi connectivity index (χ3v) is 7.97. The van der Waals surface area contributed by atoms with E-state index in [1.807, 2.05) is 19.2 Å². The Labute approximate surface area is 209 Å². The second-order valence-corrected chi connectivity index (χ2v) is 11.4. The molecule has 2 amide bonds. The summed E-state index contributed by atoms with van der Waals surface area (Å²) in [5, 5.41) is 4.00. The van der Waals surface area contributed by atoms with Crippen LogP contribution in [-0.4, -0.2) is 30.6 Å². The maximum atomic E-state index is 13.1. The van der Waals surface area contributed by atoms with Gasteiger partial charge in [-0.05, 0) is 72.1 Å². The number of carbonyl (C=O) groups excluding carboxylic acids is 2. The van der Waals surface area contributed by atoms with Crippen LogP contribution in [0.4, 0.5) is 4.79 Å². The highest BCUT2D eigenvalue weighted by molar-refractivity contribution is 6.31. The molecule has 0 spiro atoms. The molecule has 1 aromatic rings. The highest BCUT2D eigenvalue weighted by Crippen LogP contribution is 2.58. The number of carbonyl (C=O) groups is 2. The van der Waals surface area contributed by atoms with Crippen molar-refractivity contribution in [3.63, 3.8) is 0 Å². The number of hydrogen-bond acceptors (Lipinski definition) is 3. The van der Waals surface area contributed by atoms with Gasteiger partial charge in [-0.1, -0.05) is 64.9 Å². The summed E-state index contributed by atoms with van der Waals surface area (Å²) in [6.07, 6.45) is 4.38. The van der Waals surface area contributed by atoms with Gasteiger partial charge in [0, 0.05) is 23.3 Å². The Hall–Kier alpha value is -2.27. The monoisotopic (exact) mass is 486 g/mol. The molecule has 3 rings (SSSR count). The summed E-state index contributed by atoms with van der Waals surface area (Å²) < 4.78 is 4.73. The summed E-state index contributed by atoms with van der Waals surface area (Å²) in [5.74, 6) is 0.930. The van der Waals surface area contributed by atoms with Crippen LogP contribution in [0.3, 0.4) is 0 Å². The van der Waals surface area contributed by atoms with Gasteiger partial charge in [-0.2, -0.15) is 0 Å². The quantitative estimate of drug-likeness (QED) is 0.325. The molecule has 1 aliphatic carbocycles. The van der Waals surface area contributed by atoms with Crippen molar-refractivity contribution in [2.24, 2.45) is 17.3 Å². The number of nitrogens with one attached hydrogen (secondary N) is 1. The molecule has 34 heavy (non-hydrogen) atoms. The Kier molecular flexibility index (Phi) is 7.57. The fourth-order valence-corrected chi connectivity index (χ4v) is 5.42. The predicted molar refractivity (Wildman–Crippen MR) is 138 cm³/mol. The number of rotatable bonds is 8. The molecule has 1 aliphatic heterocycles. The van der Waals surface area contributed by atoms with Crippen molar-refractivity contribution in [2.75, 3.05) is 13.7 Å². The topological polar surface area (TPSA) is 58.6 Å². The number of nitrogens with zero attached hydrogens (tertiary/aromatic N) is 1. The minimum Gasteiger partial charge on any atom is -0.466 e. The third kappa shape index (κ3) is 5.19. The van der Waals surface area contributed by atoms with E-state index in [4.69, 9.17) is 16.3 Å². The maximum absolute atomic E-state index is 13.1. The van der Waals surface area contributed by atoms with Gasteiger partial charge in [-0.15, -0.1) is 0 Å². The van der Waals surface area contributed by atoms with Crippen LogP contribution < -0.4 is 5.32 Å².